The molecule has 0 saturated carbocycles. The lowest BCUT2D eigenvalue weighted by molar-refractivity contribution is -0.189. The highest BCUT2D eigenvalue weighted by Crippen LogP contribution is 2.49. The van der Waals surface area contributed by atoms with Gasteiger partial charge >= 0.3 is 6.18 Å². The van der Waals surface area contributed by atoms with E-state index in [2.05, 4.69) is 21.0 Å². The zero-order chi connectivity index (χ0) is 20.4. The van der Waals surface area contributed by atoms with Gasteiger partial charge in [-0.25, -0.2) is 5.09 Å². The average Bonchev–Trinajstić information content (AvgIpc) is 2.69. The molecule has 3 aromatic carbocycles. The van der Waals surface area contributed by atoms with Crippen molar-refractivity contribution in [1.82, 2.24) is 5.09 Å². The molecule has 1 atom stereocenters. The second-order valence-electron chi connectivity index (χ2n) is 6.52. The Balaban J connectivity index is 2.20. The van der Waals surface area contributed by atoms with Gasteiger partial charge in [-0.1, -0.05) is 64.5 Å². The van der Waals surface area contributed by atoms with E-state index in [1.54, 1.807) is 60.7 Å². The number of benzene rings is 3. The van der Waals surface area contributed by atoms with Crippen LogP contribution in [0.4, 0.5) is 13.2 Å². The van der Waals surface area contributed by atoms with Gasteiger partial charge in [-0.3, -0.25) is 4.57 Å². The zero-order valence-electron chi connectivity index (χ0n) is 15.0. The Labute approximate surface area is 170 Å². The fourth-order valence-corrected chi connectivity index (χ4v) is 5.83. The van der Waals surface area contributed by atoms with E-state index in [1.807, 2.05) is 0 Å². The summed E-state index contributed by atoms with van der Waals surface area (Å²) < 4.78 is 57.5. The summed E-state index contributed by atoms with van der Waals surface area (Å²) in [6.07, 6.45) is -4.68. The normalized spacial score (nSPS) is 14.5. The van der Waals surface area contributed by atoms with Gasteiger partial charge in [0, 0.05) is 15.1 Å². The molecule has 7 heteroatoms. The fourth-order valence-electron chi connectivity index (χ4n) is 2.94. The van der Waals surface area contributed by atoms with Crippen molar-refractivity contribution in [3.63, 3.8) is 0 Å². The maximum absolute atomic E-state index is 14.3. The summed E-state index contributed by atoms with van der Waals surface area (Å²) in [5.41, 5.74) is -2.54. The van der Waals surface area contributed by atoms with Gasteiger partial charge in [-0.05, 0) is 48.9 Å². The van der Waals surface area contributed by atoms with Gasteiger partial charge < -0.3 is 0 Å². The van der Waals surface area contributed by atoms with Crippen LogP contribution in [0, 0.1) is 0 Å². The molecule has 0 unspecified atom stereocenters. The van der Waals surface area contributed by atoms with Crippen molar-refractivity contribution in [1.29, 1.82) is 0 Å². The molecule has 3 rings (SSSR count). The summed E-state index contributed by atoms with van der Waals surface area (Å²) in [6.45, 7) is 1.02. The van der Waals surface area contributed by atoms with Crippen LogP contribution < -0.4 is 15.7 Å². The van der Waals surface area contributed by atoms with Crippen LogP contribution in [0.1, 0.15) is 12.5 Å². The van der Waals surface area contributed by atoms with E-state index in [0.717, 1.165) is 6.92 Å². The highest BCUT2D eigenvalue weighted by atomic mass is 79.9. The van der Waals surface area contributed by atoms with Gasteiger partial charge in [0.05, 0.1) is 0 Å². The Morgan fingerprint density at radius 2 is 1.21 bits per heavy atom. The van der Waals surface area contributed by atoms with E-state index >= 15 is 0 Å². The molecule has 1 N–H and O–H groups in total. The quantitative estimate of drug-likeness (QED) is 0.484. The van der Waals surface area contributed by atoms with Gasteiger partial charge in [0.15, 0.2) is 0 Å². The smallest absolute Gasteiger partial charge is 0.296 e. The molecule has 0 aliphatic heterocycles. The molecule has 3 aromatic rings. The largest absolute Gasteiger partial charge is 0.410 e. The van der Waals surface area contributed by atoms with Crippen molar-refractivity contribution in [2.24, 2.45) is 0 Å². The minimum atomic E-state index is -4.68. The van der Waals surface area contributed by atoms with E-state index in [9.17, 15) is 17.7 Å². The first-order valence-electron chi connectivity index (χ1n) is 8.50. The van der Waals surface area contributed by atoms with Crippen LogP contribution >= 0.6 is 23.2 Å². The van der Waals surface area contributed by atoms with Crippen LogP contribution in [-0.4, -0.2) is 6.18 Å². The molecule has 28 heavy (non-hydrogen) atoms. The lowest BCUT2D eigenvalue weighted by Crippen LogP contribution is -2.52. The second kappa shape index (κ2) is 7.86. The van der Waals surface area contributed by atoms with E-state index in [1.165, 1.54) is 24.3 Å². The first-order chi connectivity index (χ1) is 13.2. The van der Waals surface area contributed by atoms with Gasteiger partial charge in [0.25, 0.3) is 0 Å². The molecule has 0 aliphatic carbocycles. The van der Waals surface area contributed by atoms with Crippen molar-refractivity contribution >= 4 is 33.8 Å². The molecular formula is C21H18BrF3NOP. The van der Waals surface area contributed by atoms with Crippen LogP contribution in [-0.2, 0) is 10.1 Å². The minimum absolute atomic E-state index is 0.0183. The second-order valence-corrected chi connectivity index (χ2v) is 9.91. The van der Waals surface area contributed by atoms with Crippen molar-refractivity contribution in [3.8, 4) is 0 Å². The standard InChI is InChI=1S/C21H18BrF3NOP/c1-20(21(23,24)25,16-12-14-17(22)15-13-16)26-28(27,18-8-4-2-5-9-18)19-10-6-3-7-11-19/h2-15H,1H3,(H,26,27)/t20-/m1/s1. The van der Waals surface area contributed by atoms with Gasteiger partial charge in [-0.15, -0.1) is 0 Å². The molecule has 0 bridgehead atoms. The third kappa shape index (κ3) is 3.95. The van der Waals surface area contributed by atoms with Gasteiger partial charge in [0.2, 0.25) is 7.29 Å². The topological polar surface area (TPSA) is 29.1 Å². The van der Waals surface area contributed by atoms with Crippen LogP contribution in [0.3, 0.4) is 0 Å². The van der Waals surface area contributed by atoms with E-state index in [0.29, 0.717) is 15.1 Å². The zero-order valence-corrected chi connectivity index (χ0v) is 17.4. The molecule has 0 radical (unpaired) electrons. The van der Waals surface area contributed by atoms with Gasteiger partial charge in [-0.2, -0.15) is 13.2 Å². The van der Waals surface area contributed by atoms with Crippen molar-refractivity contribution in [3.05, 3.63) is 95.0 Å². The third-order valence-electron chi connectivity index (χ3n) is 4.61. The molecule has 0 aliphatic rings. The number of nitrogens with one attached hydrogen (secondary N) is 1. The van der Waals surface area contributed by atoms with E-state index in [4.69, 9.17) is 0 Å². The molecule has 0 saturated heterocycles. The number of alkyl halides is 3. The molecular weight excluding hydrogens is 450 g/mol. The number of rotatable bonds is 5. The summed E-state index contributed by atoms with van der Waals surface area (Å²) in [4.78, 5) is 0. The van der Waals surface area contributed by atoms with Crippen LogP contribution in [0.2, 0.25) is 0 Å². The molecule has 2 nitrogen and oxygen atoms in total. The number of halogens is 4. The number of hydrogen-bond donors (Lipinski definition) is 1. The first-order valence-corrected chi connectivity index (χ1v) is 11.0. The monoisotopic (exact) mass is 467 g/mol. The maximum atomic E-state index is 14.3. The molecule has 0 heterocycles. The minimum Gasteiger partial charge on any atom is -0.296 e. The summed E-state index contributed by atoms with van der Waals surface area (Å²) in [5, 5.41) is 3.16. The summed E-state index contributed by atoms with van der Waals surface area (Å²) in [5.74, 6) is 0. The fraction of sp³-hybridized carbons (Fsp3) is 0.143. The van der Waals surface area contributed by atoms with Crippen LogP contribution in [0.15, 0.2) is 89.4 Å². The van der Waals surface area contributed by atoms with E-state index < -0.39 is 19.0 Å². The van der Waals surface area contributed by atoms with E-state index in [-0.39, 0.29) is 5.56 Å². The third-order valence-corrected chi connectivity index (χ3v) is 7.95. The first kappa shape index (κ1) is 20.8. The molecule has 0 amide bonds. The summed E-state index contributed by atoms with van der Waals surface area (Å²) in [6, 6.07) is 22.3. The van der Waals surface area contributed by atoms with Crippen LogP contribution in [0.5, 0.6) is 0 Å². The summed E-state index contributed by atoms with van der Waals surface area (Å²) in [7, 11) is -3.80. The lowest BCUT2D eigenvalue weighted by atomic mass is 9.93. The highest BCUT2D eigenvalue weighted by molar-refractivity contribution is 9.10. The Morgan fingerprint density at radius 3 is 1.61 bits per heavy atom. The number of hydrogen-bond acceptors (Lipinski definition) is 1. The molecule has 0 spiro atoms. The summed E-state index contributed by atoms with van der Waals surface area (Å²) >= 11 is 3.24. The Hall–Kier alpha value is -1.88. The lowest BCUT2D eigenvalue weighted by Gasteiger charge is -2.37. The Bertz CT molecular complexity index is 935. The van der Waals surface area contributed by atoms with Gasteiger partial charge in [0.1, 0.15) is 5.54 Å². The molecule has 146 valence electrons. The van der Waals surface area contributed by atoms with Crippen molar-refractivity contribution in [2.75, 3.05) is 0 Å². The molecule has 0 fully saturated rings. The van der Waals surface area contributed by atoms with Crippen molar-refractivity contribution < 1.29 is 17.7 Å². The average molecular weight is 468 g/mol. The maximum Gasteiger partial charge on any atom is 0.410 e. The predicted octanol–water partition coefficient (Wildman–Crippen LogP) is 5.75. The van der Waals surface area contributed by atoms with Crippen LogP contribution in [0.25, 0.3) is 0 Å². The van der Waals surface area contributed by atoms with Crippen molar-refractivity contribution in [2.45, 2.75) is 18.6 Å². The Morgan fingerprint density at radius 1 is 0.786 bits per heavy atom. The molecule has 0 aromatic heterocycles. The highest BCUT2D eigenvalue weighted by Gasteiger charge is 2.55. The Kier molecular flexibility index (Phi) is 5.85. The SMILES string of the molecule is C[C@@](NP(=O)(c1ccccc1)c1ccccc1)(c1ccc(Br)cc1)C(F)(F)F. The predicted molar refractivity (Wildman–Crippen MR) is 110 cm³/mol.